The van der Waals surface area contributed by atoms with Gasteiger partial charge in [-0.05, 0) is 31.4 Å². The first kappa shape index (κ1) is 21.0. The van der Waals surface area contributed by atoms with E-state index in [2.05, 4.69) is 5.32 Å². The summed E-state index contributed by atoms with van der Waals surface area (Å²) in [5.41, 5.74) is 1.28. The van der Waals surface area contributed by atoms with Gasteiger partial charge in [0.1, 0.15) is 11.9 Å². The predicted molar refractivity (Wildman–Crippen MR) is 112 cm³/mol. The van der Waals surface area contributed by atoms with Gasteiger partial charge in [-0.1, -0.05) is 67.8 Å². The summed E-state index contributed by atoms with van der Waals surface area (Å²) in [6.45, 7) is 1.79. The second kappa shape index (κ2) is 10.2. The molecule has 3 rings (SSSR count). The van der Waals surface area contributed by atoms with Crippen LogP contribution in [0.25, 0.3) is 0 Å². The molecule has 0 saturated heterocycles. The Hall–Kier alpha value is -2.69. The molecule has 2 aromatic carbocycles. The Bertz CT molecular complexity index is 819. The van der Waals surface area contributed by atoms with Crippen LogP contribution in [0, 0.1) is 5.82 Å². The largest absolute Gasteiger partial charge is 0.352 e. The molecular weight excluding hydrogens is 367 g/mol. The molecule has 0 spiro atoms. The van der Waals surface area contributed by atoms with Crippen molar-refractivity contribution >= 4 is 11.8 Å². The van der Waals surface area contributed by atoms with E-state index in [9.17, 15) is 14.0 Å². The van der Waals surface area contributed by atoms with Gasteiger partial charge in [0.25, 0.3) is 0 Å². The van der Waals surface area contributed by atoms with Crippen LogP contribution in [0.15, 0.2) is 54.6 Å². The molecule has 0 heterocycles. The fraction of sp³-hybridized carbons (Fsp3) is 0.417. The molecule has 1 fully saturated rings. The number of halogens is 1. The van der Waals surface area contributed by atoms with Crippen molar-refractivity contribution in [2.45, 2.75) is 64.1 Å². The van der Waals surface area contributed by atoms with E-state index in [-0.39, 0.29) is 36.6 Å². The maximum atomic E-state index is 14.2. The van der Waals surface area contributed by atoms with Gasteiger partial charge in [-0.3, -0.25) is 9.59 Å². The second-order valence-electron chi connectivity index (χ2n) is 7.79. The Morgan fingerprint density at radius 1 is 1.03 bits per heavy atom. The summed E-state index contributed by atoms with van der Waals surface area (Å²) in [4.78, 5) is 27.5. The van der Waals surface area contributed by atoms with Crippen LogP contribution in [0.3, 0.4) is 0 Å². The topological polar surface area (TPSA) is 49.4 Å². The summed E-state index contributed by atoms with van der Waals surface area (Å²) >= 11 is 0. The first-order valence-corrected chi connectivity index (χ1v) is 10.4. The highest BCUT2D eigenvalue weighted by atomic mass is 19.1. The molecule has 0 unspecified atom stereocenters. The van der Waals surface area contributed by atoms with Crippen LogP contribution in [0.1, 0.15) is 50.2 Å². The summed E-state index contributed by atoms with van der Waals surface area (Å²) in [5, 5.41) is 3.09. The average Bonchev–Trinajstić information content (AvgIpc) is 2.74. The molecule has 0 radical (unpaired) electrons. The summed E-state index contributed by atoms with van der Waals surface area (Å²) in [7, 11) is 0. The monoisotopic (exact) mass is 396 g/mol. The minimum atomic E-state index is -0.673. The molecule has 0 bridgehead atoms. The molecule has 154 valence electrons. The molecule has 29 heavy (non-hydrogen) atoms. The van der Waals surface area contributed by atoms with E-state index in [1.54, 1.807) is 25.1 Å². The summed E-state index contributed by atoms with van der Waals surface area (Å²) in [5.74, 6) is -0.731. The Morgan fingerprint density at radius 2 is 1.69 bits per heavy atom. The molecule has 1 aliphatic rings. The van der Waals surface area contributed by atoms with Gasteiger partial charge in [0, 0.05) is 18.2 Å². The van der Waals surface area contributed by atoms with Crippen molar-refractivity contribution in [2.24, 2.45) is 0 Å². The highest BCUT2D eigenvalue weighted by Crippen LogP contribution is 2.19. The quantitative estimate of drug-likeness (QED) is 0.761. The lowest BCUT2D eigenvalue weighted by Crippen LogP contribution is -2.50. The van der Waals surface area contributed by atoms with E-state index in [0.29, 0.717) is 5.56 Å². The minimum Gasteiger partial charge on any atom is -0.352 e. The van der Waals surface area contributed by atoms with Crippen molar-refractivity contribution in [3.8, 4) is 0 Å². The number of rotatable bonds is 7. The zero-order chi connectivity index (χ0) is 20.6. The third-order valence-electron chi connectivity index (χ3n) is 5.62. The van der Waals surface area contributed by atoms with Crippen molar-refractivity contribution < 1.29 is 14.0 Å². The van der Waals surface area contributed by atoms with Crippen molar-refractivity contribution in [1.82, 2.24) is 10.2 Å². The van der Waals surface area contributed by atoms with Gasteiger partial charge in [-0.25, -0.2) is 4.39 Å². The van der Waals surface area contributed by atoms with Gasteiger partial charge in [0.2, 0.25) is 11.8 Å². The third-order valence-corrected chi connectivity index (χ3v) is 5.62. The molecule has 0 aromatic heterocycles. The molecule has 2 aromatic rings. The molecule has 1 atom stereocenters. The highest BCUT2D eigenvalue weighted by molar-refractivity contribution is 5.88. The van der Waals surface area contributed by atoms with Crippen LogP contribution < -0.4 is 5.32 Å². The summed E-state index contributed by atoms with van der Waals surface area (Å²) in [6.07, 6.45) is 5.57. The van der Waals surface area contributed by atoms with E-state index >= 15 is 0 Å². The number of nitrogens with one attached hydrogen (secondary N) is 1. The lowest BCUT2D eigenvalue weighted by atomic mass is 9.95. The zero-order valence-corrected chi connectivity index (χ0v) is 16.9. The second-order valence-corrected chi connectivity index (χ2v) is 7.79. The van der Waals surface area contributed by atoms with Crippen molar-refractivity contribution in [3.05, 3.63) is 71.5 Å². The lowest BCUT2D eigenvalue weighted by Gasteiger charge is -2.31. The van der Waals surface area contributed by atoms with Crippen molar-refractivity contribution in [2.75, 3.05) is 0 Å². The first-order valence-electron chi connectivity index (χ1n) is 10.4. The van der Waals surface area contributed by atoms with Gasteiger partial charge >= 0.3 is 0 Å². The van der Waals surface area contributed by atoms with Crippen molar-refractivity contribution in [3.63, 3.8) is 0 Å². The smallest absolute Gasteiger partial charge is 0.242 e. The minimum absolute atomic E-state index is 0.0671. The standard InChI is InChI=1S/C24H29FN2O2/c1-18(24(29)26-21-13-6-3-7-14-21)27(17-20-12-8-9-15-22(20)25)23(28)16-19-10-4-2-5-11-19/h2,4-5,8-12,15,18,21H,3,6-7,13-14,16-17H2,1H3,(H,26,29)/t18-/m1/s1. The third kappa shape index (κ3) is 5.89. The number of nitrogens with zero attached hydrogens (tertiary/aromatic N) is 1. The number of carbonyl (C=O) groups excluding carboxylic acids is 2. The molecule has 2 amide bonds. The predicted octanol–water partition coefficient (Wildman–Crippen LogP) is 4.23. The summed E-state index contributed by atoms with van der Waals surface area (Å²) in [6, 6.07) is 15.3. The maximum absolute atomic E-state index is 14.2. The molecule has 1 N–H and O–H groups in total. The van der Waals surface area contributed by atoms with Crippen LogP contribution in [-0.2, 0) is 22.6 Å². The first-order chi connectivity index (χ1) is 14.0. The molecular formula is C24H29FN2O2. The number of benzene rings is 2. The molecule has 4 nitrogen and oxygen atoms in total. The number of hydrogen-bond acceptors (Lipinski definition) is 2. The van der Waals surface area contributed by atoms with E-state index in [1.165, 1.54) is 17.4 Å². The van der Waals surface area contributed by atoms with Gasteiger partial charge < -0.3 is 10.2 Å². The summed E-state index contributed by atoms with van der Waals surface area (Å²) < 4.78 is 14.2. The number of carbonyl (C=O) groups is 2. The van der Waals surface area contributed by atoms with E-state index < -0.39 is 6.04 Å². The Morgan fingerprint density at radius 3 is 2.38 bits per heavy atom. The normalized spacial score (nSPS) is 15.5. The lowest BCUT2D eigenvalue weighted by molar-refractivity contribution is -0.140. The average molecular weight is 397 g/mol. The maximum Gasteiger partial charge on any atom is 0.242 e. The van der Waals surface area contributed by atoms with Gasteiger partial charge in [0.05, 0.1) is 6.42 Å². The number of hydrogen-bond donors (Lipinski definition) is 1. The molecule has 1 saturated carbocycles. The molecule has 5 heteroatoms. The van der Waals surface area contributed by atoms with Crippen LogP contribution in [0.5, 0.6) is 0 Å². The van der Waals surface area contributed by atoms with Gasteiger partial charge in [0.15, 0.2) is 0 Å². The fourth-order valence-electron chi connectivity index (χ4n) is 3.83. The highest BCUT2D eigenvalue weighted by Gasteiger charge is 2.28. The van der Waals surface area contributed by atoms with Crippen LogP contribution in [0.2, 0.25) is 0 Å². The molecule has 1 aliphatic carbocycles. The van der Waals surface area contributed by atoms with E-state index in [4.69, 9.17) is 0 Å². The molecule has 0 aliphatic heterocycles. The van der Waals surface area contributed by atoms with E-state index in [1.807, 2.05) is 30.3 Å². The van der Waals surface area contributed by atoms with Crippen LogP contribution in [-0.4, -0.2) is 28.8 Å². The number of amides is 2. The fourth-order valence-corrected chi connectivity index (χ4v) is 3.83. The Labute approximate surface area is 172 Å². The Kier molecular flexibility index (Phi) is 7.39. The van der Waals surface area contributed by atoms with Crippen molar-refractivity contribution in [1.29, 1.82) is 0 Å². The van der Waals surface area contributed by atoms with E-state index in [0.717, 1.165) is 31.2 Å². The van der Waals surface area contributed by atoms with Gasteiger partial charge in [-0.2, -0.15) is 0 Å². The Balaban J connectivity index is 1.76. The zero-order valence-electron chi connectivity index (χ0n) is 16.9. The van der Waals surface area contributed by atoms with Crippen LogP contribution >= 0.6 is 0 Å². The SMILES string of the molecule is C[C@H](C(=O)NC1CCCCC1)N(Cc1ccccc1F)C(=O)Cc1ccccc1. The van der Waals surface area contributed by atoms with Crippen LogP contribution in [0.4, 0.5) is 4.39 Å². The van der Waals surface area contributed by atoms with Gasteiger partial charge in [-0.15, -0.1) is 0 Å².